The van der Waals surface area contributed by atoms with Crippen molar-refractivity contribution in [3.63, 3.8) is 0 Å². The zero-order valence-electron chi connectivity index (χ0n) is 7.96. The molecule has 0 fully saturated rings. The summed E-state index contributed by atoms with van der Waals surface area (Å²) in [7, 11) is 0. The lowest BCUT2D eigenvalue weighted by Crippen LogP contribution is -2.39. The maximum absolute atomic E-state index is 13.9. The molecule has 1 atom stereocenters. The van der Waals surface area contributed by atoms with Gasteiger partial charge in [-0.15, -0.1) is 0 Å². The normalized spacial score (nSPS) is 24.7. The van der Waals surface area contributed by atoms with E-state index in [1.54, 1.807) is 6.07 Å². The van der Waals surface area contributed by atoms with Gasteiger partial charge in [-0.25, -0.2) is 9.18 Å². The largest absolute Gasteiger partial charge is 0.479 e. The number of fused-ring (bicyclic) bond motifs is 1. The number of benzene rings is 1. The maximum Gasteiger partial charge on any atom is 0.341 e. The summed E-state index contributed by atoms with van der Waals surface area (Å²) in [5.74, 6) is -1.35. The summed E-state index contributed by atoms with van der Waals surface area (Å²) < 4.78 is 14.7. The van der Waals surface area contributed by atoms with Crippen LogP contribution in [0.2, 0.25) is 0 Å². The van der Waals surface area contributed by atoms with Crippen molar-refractivity contribution in [3.8, 4) is 0 Å². The summed E-state index contributed by atoms with van der Waals surface area (Å²) in [6.45, 7) is 0. The molecule has 0 saturated carbocycles. The Balaban J connectivity index is 2.37. The number of aliphatic carboxylic acids is 1. The van der Waals surface area contributed by atoms with Crippen LogP contribution >= 0.6 is 15.9 Å². The molecule has 1 N–H and O–H groups in total. The standard InChI is InChI=1S/C11H10BrFO2/c12-9-2-1-7-3-4-11(13,10(14)15)6-8(7)5-9/h1-2,5H,3-4,6H2,(H,14,15). The van der Waals surface area contributed by atoms with Crippen molar-refractivity contribution in [1.29, 1.82) is 0 Å². The quantitative estimate of drug-likeness (QED) is 0.854. The third-order valence-corrected chi connectivity index (χ3v) is 3.31. The second kappa shape index (κ2) is 3.59. The van der Waals surface area contributed by atoms with Crippen molar-refractivity contribution in [2.75, 3.05) is 0 Å². The van der Waals surface area contributed by atoms with Gasteiger partial charge in [0.1, 0.15) is 0 Å². The van der Waals surface area contributed by atoms with E-state index in [9.17, 15) is 9.18 Å². The summed E-state index contributed by atoms with van der Waals surface area (Å²) in [4.78, 5) is 10.8. The molecule has 0 heterocycles. The minimum Gasteiger partial charge on any atom is -0.479 e. The van der Waals surface area contributed by atoms with Crippen molar-refractivity contribution < 1.29 is 14.3 Å². The van der Waals surface area contributed by atoms with Crippen LogP contribution < -0.4 is 0 Å². The number of carboxylic acid groups (broad SMARTS) is 1. The zero-order valence-corrected chi connectivity index (χ0v) is 9.55. The Kier molecular flexibility index (Phi) is 2.54. The van der Waals surface area contributed by atoms with Gasteiger partial charge < -0.3 is 5.11 Å². The second-order valence-electron chi connectivity index (χ2n) is 3.86. The Bertz CT molecular complexity index is 419. The summed E-state index contributed by atoms with van der Waals surface area (Å²) in [5, 5.41) is 8.81. The molecule has 2 rings (SSSR count). The highest BCUT2D eigenvalue weighted by Crippen LogP contribution is 2.33. The van der Waals surface area contributed by atoms with E-state index in [4.69, 9.17) is 5.11 Å². The molecule has 1 aromatic rings. The molecule has 0 amide bonds. The van der Waals surface area contributed by atoms with Crippen LogP contribution in [-0.4, -0.2) is 16.7 Å². The fraction of sp³-hybridized carbons (Fsp3) is 0.364. The third kappa shape index (κ3) is 1.91. The van der Waals surface area contributed by atoms with Gasteiger partial charge in [-0.2, -0.15) is 0 Å². The first kappa shape index (κ1) is 10.6. The van der Waals surface area contributed by atoms with Crippen LogP contribution in [0.4, 0.5) is 4.39 Å². The zero-order chi connectivity index (χ0) is 11.1. The molecule has 1 aliphatic rings. The van der Waals surface area contributed by atoms with Crippen molar-refractivity contribution in [2.24, 2.45) is 0 Å². The monoisotopic (exact) mass is 272 g/mol. The Morgan fingerprint density at radius 1 is 1.47 bits per heavy atom. The first-order chi connectivity index (χ1) is 7.01. The minimum atomic E-state index is -2.09. The van der Waals surface area contributed by atoms with Crippen LogP contribution in [0.25, 0.3) is 0 Å². The number of hydrogen-bond donors (Lipinski definition) is 1. The molecule has 0 spiro atoms. The Labute approximate surface area is 95.2 Å². The molecule has 2 nitrogen and oxygen atoms in total. The molecule has 1 aliphatic carbocycles. The van der Waals surface area contributed by atoms with Crippen LogP contribution in [0.5, 0.6) is 0 Å². The fourth-order valence-corrected chi connectivity index (χ4v) is 2.32. The molecule has 0 aliphatic heterocycles. The van der Waals surface area contributed by atoms with E-state index in [-0.39, 0.29) is 12.8 Å². The number of alkyl halides is 1. The predicted octanol–water partition coefficient (Wildman–Crippen LogP) is 2.73. The van der Waals surface area contributed by atoms with E-state index in [1.807, 2.05) is 12.1 Å². The molecule has 80 valence electrons. The maximum atomic E-state index is 13.9. The third-order valence-electron chi connectivity index (χ3n) is 2.81. The molecule has 0 bridgehead atoms. The van der Waals surface area contributed by atoms with Crippen molar-refractivity contribution >= 4 is 21.9 Å². The molecule has 0 saturated heterocycles. The fourth-order valence-electron chi connectivity index (χ4n) is 1.91. The summed E-state index contributed by atoms with van der Waals surface area (Å²) in [6, 6.07) is 5.61. The Hall–Kier alpha value is -0.900. The van der Waals surface area contributed by atoms with Crippen molar-refractivity contribution in [1.82, 2.24) is 0 Å². The molecule has 1 unspecified atom stereocenters. The summed E-state index contributed by atoms with van der Waals surface area (Å²) >= 11 is 3.30. The number of halogens is 2. The molecule has 4 heteroatoms. The first-order valence-electron chi connectivity index (χ1n) is 4.71. The highest BCUT2D eigenvalue weighted by Gasteiger charge is 2.41. The highest BCUT2D eigenvalue weighted by atomic mass is 79.9. The van der Waals surface area contributed by atoms with E-state index < -0.39 is 11.6 Å². The lowest BCUT2D eigenvalue weighted by molar-refractivity contribution is -0.151. The van der Waals surface area contributed by atoms with Crippen molar-refractivity contribution in [3.05, 3.63) is 33.8 Å². The van der Waals surface area contributed by atoms with Crippen LogP contribution in [0.1, 0.15) is 17.5 Å². The number of carboxylic acids is 1. The molecular formula is C11H10BrFO2. The van der Waals surface area contributed by atoms with Gasteiger partial charge in [0.2, 0.25) is 5.67 Å². The predicted molar refractivity (Wildman–Crippen MR) is 57.6 cm³/mol. The highest BCUT2D eigenvalue weighted by molar-refractivity contribution is 9.10. The smallest absolute Gasteiger partial charge is 0.341 e. The van der Waals surface area contributed by atoms with Crippen LogP contribution in [0.15, 0.2) is 22.7 Å². The molecular weight excluding hydrogens is 263 g/mol. The van der Waals surface area contributed by atoms with Crippen molar-refractivity contribution in [2.45, 2.75) is 24.9 Å². The first-order valence-corrected chi connectivity index (χ1v) is 5.50. The number of aryl methyl sites for hydroxylation is 1. The van der Waals surface area contributed by atoms with E-state index in [0.717, 1.165) is 15.6 Å². The van der Waals surface area contributed by atoms with Gasteiger partial charge in [0.05, 0.1) is 0 Å². The molecule has 15 heavy (non-hydrogen) atoms. The summed E-state index contributed by atoms with van der Waals surface area (Å²) in [5.41, 5.74) is -0.249. The summed E-state index contributed by atoms with van der Waals surface area (Å²) in [6.07, 6.45) is 0.527. The van der Waals surface area contributed by atoms with Gasteiger partial charge in [-0.3, -0.25) is 0 Å². The van der Waals surface area contributed by atoms with Crippen LogP contribution in [0, 0.1) is 0 Å². The second-order valence-corrected chi connectivity index (χ2v) is 4.78. The van der Waals surface area contributed by atoms with Crippen LogP contribution in [0.3, 0.4) is 0 Å². The number of rotatable bonds is 1. The average molecular weight is 273 g/mol. The van der Waals surface area contributed by atoms with Gasteiger partial charge in [0.15, 0.2) is 0 Å². The van der Waals surface area contributed by atoms with Gasteiger partial charge in [0.25, 0.3) is 0 Å². The van der Waals surface area contributed by atoms with E-state index in [2.05, 4.69) is 15.9 Å². The van der Waals surface area contributed by atoms with Gasteiger partial charge in [0, 0.05) is 10.9 Å². The molecule has 1 aromatic carbocycles. The van der Waals surface area contributed by atoms with E-state index in [0.29, 0.717) is 6.42 Å². The lowest BCUT2D eigenvalue weighted by Gasteiger charge is -2.27. The van der Waals surface area contributed by atoms with Gasteiger partial charge in [-0.05, 0) is 36.1 Å². The average Bonchev–Trinajstić information content (AvgIpc) is 2.16. The van der Waals surface area contributed by atoms with E-state index >= 15 is 0 Å². The topological polar surface area (TPSA) is 37.3 Å². The molecule has 0 radical (unpaired) electrons. The number of hydrogen-bond acceptors (Lipinski definition) is 1. The Morgan fingerprint density at radius 3 is 2.87 bits per heavy atom. The van der Waals surface area contributed by atoms with Gasteiger partial charge in [-0.1, -0.05) is 22.0 Å². The SMILES string of the molecule is O=C(O)C1(F)CCc2ccc(Br)cc2C1. The molecule has 0 aromatic heterocycles. The number of carbonyl (C=O) groups is 1. The lowest BCUT2D eigenvalue weighted by atomic mass is 9.82. The van der Waals surface area contributed by atoms with Gasteiger partial charge >= 0.3 is 5.97 Å². The minimum absolute atomic E-state index is 0.0306. The van der Waals surface area contributed by atoms with Crippen LogP contribution in [-0.2, 0) is 17.6 Å². The Morgan fingerprint density at radius 2 is 2.20 bits per heavy atom. The van der Waals surface area contributed by atoms with E-state index in [1.165, 1.54) is 0 Å².